The molecule has 11 nitrogen and oxygen atoms in total. The summed E-state index contributed by atoms with van der Waals surface area (Å²) in [6, 6.07) is 11.2. The van der Waals surface area contributed by atoms with E-state index in [1.807, 2.05) is 4.90 Å². The standard InChI is InChI=1S/C28H30F2N6O5S/c29-22(6-7-33-42(38)39)20-3-1-2-19(25(20)30)18-14-21-26(23(15-18)41-13-10-37)34-27(17-4-5-24(31)32-16-17)35-28(21)36-8-11-40-12-9-36/h1-5,14-16,22,33,37H,6-13H2,(H2,31,32)(H,38,39). The number of morpholine rings is 1. The van der Waals surface area contributed by atoms with Crippen molar-refractivity contribution in [1.29, 1.82) is 0 Å². The highest BCUT2D eigenvalue weighted by molar-refractivity contribution is 7.77. The molecule has 3 heterocycles. The molecule has 0 spiro atoms. The van der Waals surface area contributed by atoms with E-state index in [1.54, 1.807) is 36.5 Å². The van der Waals surface area contributed by atoms with Gasteiger partial charge in [0, 0.05) is 47.9 Å². The minimum absolute atomic E-state index is 0.0392. The molecule has 0 amide bonds. The Hall–Kier alpha value is -3.82. The van der Waals surface area contributed by atoms with Gasteiger partial charge in [-0.25, -0.2) is 32.7 Å². The number of nitrogens with zero attached hydrogens (tertiary/aromatic N) is 4. The molecule has 0 saturated carbocycles. The Balaban J connectivity index is 1.66. The average molecular weight is 601 g/mol. The first kappa shape index (κ1) is 29.7. The number of benzene rings is 2. The first-order valence-electron chi connectivity index (χ1n) is 13.3. The first-order valence-corrected chi connectivity index (χ1v) is 14.4. The Morgan fingerprint density at radius 1 is 1.17 bits per heavy atom. The predicted molar refractivity (Wildman–Crippen MR) is 155 cm³/mol. The molecule has 2 unspecified atom stereocenters. The van der Waals surface area contributed by atoms with Crippen LogP contribution in [0.5, 0.6) is 5.75 Å². The second kappa shape index (κ2) is 13.4. The SMILES string of the molecule is Nc1ccc(-c2nc(N3CCOCC3)c3cc(-c4cccc(C(F)CCNS(=O)O)c4F)cc(OCCO)c3n2)cn1. The number of rotatable bonds is 11. The summed E-state index contributed by atoms with van der Waals surface area (Å²) in [6.45, 7) is 1.68. The van der Waals surface area contributed by atoms with E-state index in [-0.39, 0.29) is 43.1 Å². The van der Waals surface area contributed by atoms with Crippen LogP contribution >= 0.6 is 0 Å². The fourth-order valence-corrected chi connectivity index (χ4v) is 5.02. The molecular formula is C28H30F2N6O5S. The van der Waals surface area contributed by atoms with Crippen molar-refractivity contribution in [3.05, 3.63) is 60.0 Å². The van der Waals surface area contributed by atoms with Crippen molar-refractivity contribution in [2.75, 3.05) is 56.7 Å². The zero-order chi connectivity index (χ0) is 29.6. The number of hydrogen-bond acceptors (Lipinski definition) is 9. The van der Waals surface area contributed by atoms with Crippen LogP contribution < -0.4 is 20.1 Å². The molecule has 0 aliphatic carbocycles. The van der Waals surface area contributed by atoms with E-state index in [4.69, 9.17) is 29.7 Å². The Morgan fingerprint density at radius 2 is 1.98 bits per heavy atom. The molecule has 0 radical (unpaired) electrons. The number of halogens is 2. The number of nitrogens with one attached hydrogen (secondary N) is 1. The fourth-order valence-electron chi connectivity index (χ4n) is 4.73. The molecule has 0 bridgehead atoms. The van der Waals surface area contributed by atoms with E-state index in [2.05, 4.69) is 9.71 Å². The molecule has 2 aromatic heterocycles. The number of nitrogen functional groups attached to an aromatic ring is 1. The highest BCUT2D eigenvalue weighted by Crippen LogP contribution is 2.39. The lowest BCUT2D eigenvalue weighted by Gasteiger charge is -2.29. The average Bonchev–Trinajstić information content (AvgIpc) is 3.00. The highest BCUT2D eigenvalue weighted by atomic mass is 32.2. The Bertz CT molecular complexity index is 1570. The van der Waals surface area contributed by atoms with Crippen molar-refractivity contribution in [2.45, 2.75) is 12.6 Å². The molecule has 5 N–H and O–H groups in total. The van der Waals surface area contributed by atoms with Gasteiger partial charge in [-0.2, -0.15) is 0 Å². The molecule has 4 aromatic rings. The number of aliphatic hydroxyl groups is 1. The van der Waals surface area contributed by atoms with Crippen molar-refractivity contribution >= 4 is 33.8 Å². The lowest BCUT2D eigenvalue weighted by molar-refractivity contribution is 0.122. The normalized spacial score (nSPS) is 15.1. The van der Waals surface area contributed by atoms with Gasteiger partial charge in [-0.15, -0.1) is 0 Å². The summed E-state index contributed by atoms with van der Waals surface area (Å²) < 4.78 is 64.2. The molecule has 5 rings (SSSR count). The van der Waals surface area contributed by atoms with Crippen LogP contribution in [0.25, 0.3) is 33.4 Å². The summed E-state index contributed by atoms with van der Waals surface area (Å²) in [6.07, 6.45) is -0.341. The molecule has 2 aromatic carbocycles. The molecule has 1 aliphatic heterocycles. The number of anilines is 2. The maximum absolute atomic E-state index is 15.8. The third-order valence-electron chi connectivity index (χ3n) is 6.75. The number of nitrogens with two attached hydrogens (primary N) is 1. The Morgan fingerprint density at radius 3 is 2.69 bits per heavy atom. The molecule has 1 saturated heterocycles. The predicted octanol–water partition coefficient (Wildman–Crippen LogP) is 3.41. The van der Waals surface area contributed by atoms with E-state index in [1.165, 1.54) is 12.1 Å². The van der Waals surface area contributed by atoms with Gasteiger partial charge in [-0.05, 0) is 36.2 Å². The molecule has 14 heteroatoms. The lowest BCUT2D eigenvalue weighted by atomic mass is 9.97. The van der Waals surface area contributed by atoms with Crippen molar-refractivity contribution in [1.82, 2.24) is 19.7 Å². The molecular weight excluding hydrogens is 570 g/mol. The zero-order valence-corrected chi connectivity index (χ0v) is 23.3. The van der Waals surface area contributed by atoms with Crippen molar-refractivity contribution in [3.63, 3.8) is 0 Å². The van der Waals surface area contributed by atoms with Crippen LogP contribution in [0, 0.1) is 5.82 Å². The minimum atomic E-state index is -2.29. The van der Waals surface area contributed by atoms with Gasteiger partial charge in [0.2, 0.25) is 11.3 Å². The molecule has 1 aliphatic rings. The number of hydrogen-bond donors (Lipinski definition) is 4. The molecule has 1 fully saturated rings. The van der Waals surface area contributed by atoms with Gasteiger partial charge >= 0.3 is 0 Å². The third kappa shape index (κ3) is 6.63. The van der Waals surface area contributed by atoms with Gasteiger partial charge in [0.1, 0.15) is 41.5 Å². The molecule has 222 valence electrons. The van der Waals surface area contributed by atoms with Crippen LogP contribution in [-0.4, -0.2) is 74.9 Å². The monoisotopic (exact) mass is 600 g/mol. The number of ether oxygens (including phenoxy) is 2. The third-order valence-corrected chi connectivity index (χ3v) is 7.20. The van der Waals surface area contributed by atoms with E-state index in [0.717, 1.165) is 0 Å². The van der Waals surface area contributed by atoms with E-state index < -0.39 is 23.3 Å². The Labute approximate surface area is 243 Å². The van der Waals surface area contributed by atoms with Crippen LogP contribution in [0.2, 0.25) is 0 Å². The maximum atomic E-state index is 15.8. The lowest BCUT2D eigenvalue weighted by Crippen LogP contribution is -2.37. The Kier molecular flexibility index (Phi) is 9.49. The summed E-state index contributed by atoms with van der Waals surface area (Å²) in [4.78, 5) is 15.8. The summed E-state index contributed by atoms with van der Waals surface area (Å²) >= 11 is -2.29. The summed E-state index contributed by atoms with van der Waals surface area (Å²) in [5.74, 6) is 0.831. The van der Waals surface area contributed by atoms with Crippen molar-refractivity contribution < 1.29 is 32.1 Å². The fraction of sp³-hybridized carbons (Fsp3) is 0.321. The number of pyridine rings is 1. The van der Waals surface area contributed by atoms with Gasteiger partial charge < -0.3 is 25.2 Å². The van der Waals surface area contributed by atoms with Gasteiger partial charge in [0.15, 0.2) is 5.82 Å². The van der Waals surface area contributed by atoms with Gasteiger partial charge in [-0.1, -0.05) is 18.2 Å². The summed E-state index contributed by atoms with van der Waals surface area (Å²) in [7, 11) is 0. The number of aromatic nitrogens is 3. The second-order valence-corrected chi connectivity index (χ2v) is 10.3. The summed E-state index contributed by atoms with van der Waals surface area (Å²) in [5, 5.41) is 10.1. The topological polar surface area (TPSA) is 156 Å². The summed E-state index contributed by atoms with van der Waals surface area (Å²) in [5.41, 5.74) is 7.20. The van der Waals surface area contributed by atoms with Crippen molar-refractivity contribution in [2.24, 2.45) is 0 Å². The number of fused-ring (bicyclic) bond motifs is 1. The second-order valence-electron chi connectivity index (χ2n) is 9.49. The van der Waals surface area contributed by atoms with E-state index >= 15 is 8.78 Å². The van der Waals surface area contributed by atoms with Gasteiger partial charge in [0.05, 0.1) is 19.8 Å². The van der Waals surface area contributed by atoms with Crippen LogP contribution in [0.4, 0.5) is 20.4 Å². The van der Waals surface area contributed by atoms with E-state index in [0.29, 0.717) is 65.8 Å². The van der Waals surface area contributed by atoms with Crippen LogP contribution in [0.3, 0.4) is 0 Å². The van der Waals surface area contributed by atoms with Crippen molar-refractivity contribution in [3.8, 4) is 28.3 Å². The van der Waals surface area contributed by atoms with Crippen LogP contribution in [-0.2, 0) is 16.0 Å². The van der Waals surface area contributed by atoms with Crippen LogP contribution in [0.15, 0.2) is 48.7 Å². The quantitative estimate of drug-likeness (QED) is 0.188. The van der Waals surface area contributed by atoms with E-state index in [9.17, 15) is 9.32 Å². The molecule has 2 atom stereocenters. The van der Waals surface area contributed by atoms with Gasteiger partial charge in [0.25, 0.3) is 0 Å². The largest absolute Gasteiger partial charge is 0.489 e. The highest BCUT2D eigenvalue weighted by Gasteiger charge is 2.24. The maximum Gasteiger partial charge on any atom is 0.231 e. The van der Waals surface area contributed by atoms with Crippen LogP contribution in [0.1, 0.15) is 18.2 Å². The number of alkyl halides is 1. The smallest absolute Gasteiger partial charge is 0.231 e. The first-order chi connectivity index (χ1) is 20.4. The molecule has 42 heavy (non-hydrogen) atoms. The zero-order valence-electron chi connectivity index (χ0n) is 22.5. The minimum Gasteiger partial charge on any atom is -0.489 e. The van der Waals surface area contributed by atoms with Gasteiger partial charge in [-0.3, -0.25) is 4.55 Å². The number of aliphatic hydroxyl groups excluding tert-OH is 1.